The fourth-order valence-corrected chi connectivity index (χ4v) is 2.10. The highest BCUT2D eigenvalue weighted by molar-refractivity contribution is 5.76. The monoisotopic (exact) mass is 263 g/mol. The number of rotatable bonds is 7. The number of carbonyl (C=O) groups excluding carboxylic acids is 1. The Bertz CT molecular complexity index is 378. The van der Waals surface area contributed by atoms with Crippen molar-refractivity contribution in [2.24, 2.45) is 5.73 Å². The Hall–Kier alpha value is -1.39. The third kappa shape index (κ3) is 6.94. The summed E-state index contributed by atoms with van der Waals surface area (Å²) in [6.45, 7) is 5.56. The highest BCUT2D eigenvalue weighted by Crippen LogP contribution is 2.03. The molecule has 4 heteroatoms. The van der Waals surface area contributed by atoms with Gasteiger partial charge in [-0.15, -0.1) is 0 Å². The molecule has 3 N–H and O–H groups in total. The van der Waals surface area contributed by atoms with Crippen molar-refractivity contribution < 1.29 is 4.79 Å². The number of nitrogens with one attached hydrogen (secondary N) is 1. The molecule has 0 fully saturated rings. The van der Waals surface area contributed by atoms with Crippen LogP contribution >= 0.6 is 0 Å². The molecule has 1 rings (SSSR count). The van der Waals surface area contributed by atoms with Crippen LogP contribution in [0.1, 0.15) is 25.8 Å². The molecule has 1 aromatic carbocycles. The third-order valence-electron chi connectivity index (χ3n) is 2.80. The van der Waals surface area contributed by atoms with Gasteiger partial charge in [0.15, 0.2) is 0 Å². The zero-order chi connectivity index (χ0) is 14.3. The van der Waals surface area contributed by atoms with E-state index in [0.717, 1.165) is 13.1 Å². The number of carbonyl (C=O) groups is 1. The molecule has 19 heavy (non-hydrogen) atoms. The molecule has 0 spiro atoms. The molecule has 2 unspecified atom stereocenters. The van der Waals surface area contributed by atoms with E-state index in [1.807, 2.05) is 32.0 Å². The van der Waals surface area contributed by atoms with Gasteiger partial charge in [0.2, 0.25) is 5.91 Å². The molecule has 0 aliphatic carbocycles. The number of benzene rings is 1. The van der Waals surface area contributed by atoms with E-state index in [2.05, 4.69) is 29.4 Å². The van der Waals surface area contributed by atoms with Crippen molar-refractivity contribution in [1.82, 2.24) is 10.2 Å². The number of hydrogen-bond donors (Lipinski definition) is 2. The summed E-state index contributed by atoms with van der Waals surface area (Å²) >= 11 is 0. The minimum Gasteiger partial charge on any atom is -0.352 e. The maximum absolute atomic E-state index is 11.6. The van der Waals surface area contributed by atoms with Gasteiger partial charge < -0.3 is 16.0 Å². The molecule has 0 saturated heterocycles. The Morgan fingerprint density at radius 1 is 1.32 bits per heavy atom. The van der Waals surface area contributed by atoms with Crippen molar-refractivity contribution in [2.45, 2.75) is 38.9 Å². The Labute approximate surface area is 116 Å². The normalized spacial score (nSPS) is 14.2. The van der Waals surface area contributed by atoms with E-state index in [4.69, 9.17) is 5.73 Å². The summed E-state index contributed by atoms with van der Waals surface area (Å²) in [5, 5.41) is 2.97. The predicted octanol–water partition coefficient (Wildman–Crippen LogP) is 1.36. The molecular weight excluding hydrogens is 238 g/mol. The fourth-order valence-electron chi connectivity index (χ4n) is 2.10. The number of amides is 1. The van der Waals surface area contributed by atoms with Crippen molar-refractivity contribution in [3.05, 3.63) is 35.9 Å². The topological polar surface area (TPSA) is 58.4 Å². The second-order valence-electron chi connectivity index (χ2n) is 5.33. The molecule has 4 nitrogen and oxygen atoms in total. The van der Waals surface area contributed by atoms with E-state index in [9.17, 15) is 4.79 Å². The largest absolute Gasteiger partial charge is 0.352 e. The van der Waals surface area contributed by atoms with Crippen LogP contribution in [0.2, 0.25) is 0 Å². The van der Waals surface area contributed by atoms with E-state index in [1.54, 1.807) is 0 Å². The first-order chi connectivity index (χ1) is 8.97. The summed E-state index contributed by atoms with van der Waals surface area (Å²) in [4.78, 5) is 13.8. The quantitative estimate of drug-likeness (QED) is 0.781. The van der Waals surface area contributed by atoms with E-state index in [1.165, 1.54) is 5.56 Å². The highest BCUT2D eigenvalue weighted by atomic mass is 16.1. The van der Waals surface area contributed by atoms with E-state index in [-0.39, 0.29) is 18.0 Å². The van der Waals surface area contributed by atoms with Gasteiger partial charge in [-0.2, -0.15) is 0 Å². The van der Waals surface area contributed by atoms with Gasteiger partial charge in [-0.1, -0.05) is 30.3 Å². The summed E-state index contributed by atoms with van der Waals surface area (Å²) in [7, 11) is 2.06. The van der Waals surface area contributed by atoms with Crippen LogP contribution in [0.3, 0.4) is 0 Å². The molecule has 1 amide bonds. The van der Waals surface area contributed by atoms with E-state index < -0.39 is 0 Å². The van der Waals surface area contributed by atoms with Crippen LogP contribution in [0.5, 0.6) is 0 Å². The van der Waals surface area contributed by atoms with Crippen LogP contribution in [-0.2, 0) is 11.3 Å². The van der Waals surface area contributed by atoms with Crippen LogP contribution in [0, 0.1) is 0 Å². The summed E-state index contributed by atoms with van der Waals surface area (Å²) in [5.74, 6) is 0.0237. The fraction of sp³-hybridized carbons (Fsp3) is 0.533. The van der Waals surface area contributed by atoms with Crippen LogP contribution in [-0.4, -0.2) is 36.5 Å². The minimum absolute atomic E-state index is 0.0237. The lowest BCUT2D eigenvalue weighted by molar-refractivity contribution is -0.122. The molecule has 0 bridgehead atoms. The Morgan fingerprint density at radius 3 is 2.53 bits per heavy atom. The van der Waals surface area contributed by atoms with Crippen molar-refractivity contribution in [3.8, 4) is 0 Å². The first-order valence-corrected chi connectivity index (χ1v) is 6.74. The van der Waals surface area contributed by atoms with Crippen LogP contribution < -0.4 is 11.1 Å². The molecule has 2 atom stereocenters. The molecule has 106 valence electrons. The number of likely N-dealkylation sites (N-methyl/N-ethyl adjacent to an activating group) is 1. The summed E-state index contributed by atoms with van der Waals surface area (Å²) < 4.78 is 0. The maximum Gasteiger partial charge on any atom is 0.221 e. The van der Waals surface area contributed by atoms with Crippen LogP contribution in [0.25, 0.3) is 0 Å². The van der Waals surface area contributed by atoms with Gasteiger partial charge in [-0.25, -0.2) is 0 Å². The number of nitrogens with two attached hydrogens (primary N) is 1. The highest BCUT2D eigenvalue weighted by Gasteiger charge is 2.11. The Balaban J connectivity index is 2.31. The lowest BCUT2D eigenvalue weighted by Crippen LogP contribution is -2.42. The molecule has 0 aromatic heterocycles. The van der Waals surface area contributed by atoms with E-state index >= 15 is 0 Å². The van der Waals surface area contributed by atoms with Crippen LogP contribution in [0.4, 0.5) is 0 Å². The van der Waals surface area contributed by atoms with Crippen molar-refractivity contribution >= 4 is 5.91 Å². The third-order valence-corrected chi connectivity index (χ3v) is 2.80. The van der Waals surface area contributed by atoms with Gasteiger partial charge in [-0.05, 0) is 26.5 Å². The summed E-state index contributed by atoms with van der Waals surface area (Å²) in [6.07, 6.45) is 0.382. The summed E-state index contributed by atoms with van der Waals surface area (Å²) in [6, 6.07) is 10.3. The molecule has 0 saturated carbocycles. The molecule has 1 aromatic rings. The molecule has 0 heterocycles. The predicted molar refractivity (Wildman–Crippen MR) is 78.6 cm³/mol. The van der Waals surface area contributed by atoms with Gasteiger partial charge in [0.05, 0.1) is 0 Å². The lowest BCUT2D eigenvalue weighted by Gasteiger charge is -2.22. The molecule has 0 radical (unpaired) electrons. The van der Waals surface area contributed by atoms with Gasteiger partial charge >= 0.3 is 0 Å². The second-order valence-corrected chi connectivity index (χ2v) is 5.33. The Morgan fingerprint density at radius 2 is 1.95 bits per heavy atom. The zero-order valence-electron chi connectivity index (χ0n) is 12.1. The zero-order valence-corrected chi connectivity index (χ0v) is 12.1. The van der Waals surface area contributed by atoms with Gasteiger partial charge in [-0.3, -0.25) is 4.79 Å². The van der Waals surface area contributed by atoms with Gasteiger partial charge in [0.25, 0.3) is 0 Å². The van der Waals surface area contributed by atoms with Gasteiger partial charge in [0.1, 0.15) is 0 Å². The second kappa shape index (κ2) is 7.92. The number of nitrogens with zero attached hydrogens (tertiary/aromatic N) is 1. The first-order valence-electron chi connectivity index (χ1n) is 6.74. The molecule has 0 aliphatic rings. The summed E-state index contributed by atoms with van der Waals surface area (Å²) in [5.41, 5.74) is 6.88. The van der Waals surface area contributed by atoms with E-state index in [0.29, 0.717) is 6.42 Å². The molecule has 0 aliphatic heterocycles. The minimum atomic E-state index is -0.0887. The average molecular weight is 263 g/mol. The van der Waals surface area contributed by atoms with Crippen molar-refractivity contribution in [3.63, 3.8) is 0 Å². The standard InChI is InChI=1S/C15H25N3O/c1-12(16)9-15(19)17-13(2)10-18(3)11-14-7-5-4-6-8-14/h4-8,12-13H,9-11,16H2,1-3H3,(H,17,19). The lowest BCUT2D eigenvalue weighted by atomic mass is 10.2. The van der Waals surface area contributed by atoms with Gasteiger partial charge in [0, 0.05) is 31.6 Å². The number of hydrogen-bond acceptors (Lipinski definition) is 3. The van der Waals surface area contributed by atoms with Crippen molar-refractivity contribution in [1.29, 1.82) is 0 Å². The average Bonchev–Trinajstić information content (AvgIpc) is 2.28. The van der Waals surface area contributed by atoms with Crippen molar-refractivity contribution in [2.75, 3.05) is 13.6 Å². The maximum atomic E-state index is 11.6. The molecular formula is C15H25N3O. The Kier molecular flexibility index (Phi) is 6.53. The van der Waals surface area contributed by atoms with Crippen LogP contribution in [0.15, 0.2) is 30.3 Å². The SMILES string of the molecule is CC(N)CC(=O)NC(C)CN(C)Cc1ccccc1. The smallest absolute Gasteiger partial charge is 0.221 e. The first kappa shape index (κ1) is 15.7.